The van der Waals surface area contributed by atoms with E-state index in [0.29, 0.717) is 12.1 Å². The summed E-state index contributed by atoms with van der Waals surface area (Å²) in [5, 5.41) is 14.0. The number of carbonyl (C=O) groups excluding carboxylic acids is 1. The predicted octanol–water partition coefficient (Wildman–Crippen LogP) is 3.82. The summed E-state index contributed by atoms with van der Waals surface area (Å²) in [6.45, 7) is 2.36. The molecule has 1 aromatic carbocycles. The number of amides is 1. The lowest BCUT2D eigenvalue weighted by atomic mass is 9.97. The Morgan fingerprint density at radius 1 is 1.20 bits per heavy atom. The van der Waals surface area contributed by atoms with Gasteiger partial charge in [-0.1, -0.05) is 11.6 Å². The van der Waals surface area contributed by atoms with Crippen LogP contribution >= 0.6 is 0 Å². The fraction of sp³-hybridized carbons (Fsp3) is 0.526. The molecule has 0 bridgehead atoms. The van der Waals surface area contributed by atoms with Crippen LogP contribution in [0.5, 0.6) is 0 Å². The van der Waals surface area contributed by atoms with Crippen LogP contribution in [-0.4, -0.2) is 30.5 Å². The molecule has 0 unspecified atom stereocenters. The maximum atomic E-state index is 12.7. The Morgan fingerprint density at radius 3 is 2.68 bits per heavy atom. The first-order chi connectivity index (χ1) is 12.1. The SMILES string of the molecule is O=C(NCCC1=CCCCC1)c1cc([N+](=O)[O-])ccc1N1CCCC1. The average molecular weight is 343 g/mol. The Balaban J connectivity index is 1.71. The summed E-state index contributed by atoms with van der Waals surface area (Å²) >= 11 is 0. The number of hydrogen-bond acceptors (Lipinski definition) is 4. The third kappa shape index (κ3) is 4.38. The number of nitro groups is 1. The quantitative estimate of drug-likeness (QED) is 0.484. The molecule has 3 rings (SSSR count). The van der Waals surface area contributed by atoms with Crippen molar-refractivity contribution < 1.29 is 9.72 Å². The number of nitro benzene ring substituents is 1. The fourth-order valence-electron chi connectivity index (χ4n) is 3.62. The fourth-order valence-corrected chi connectivity index (χ4v) is 3.62. The van der Waals surface area contributed by atoms with Gasteiger partial charge in [0, 0.05) is 31.8 Å². The van der Waals surface area contributed by atoms with Crippen LogP contribution in [-0.2, 0) is 0 Å². The Kier molecular flexibility index (Phi) is 5.68. The molecule has 0 atom stereocenters. The van der Waals surface area contributed by atoms with Crippen molar-refractivity contribution in [3.8, 4) is 0 Å². The molecule has 6 heteroatoms. The summed E-state index contributed by atoms with van der Waals surface area (Å²) in [6.07, 6.45) is 10.0. The third-order valence-electron chi connectivity index (χ3n) is 5.00. The Bertz CT molecular complexity index is 678. The summed E-state index contributed by atoms with van der Waals surface area (Å²) < 4.78 is 0. The van der Waals surface area contributed by atoms with Crippen LogP contribution in [0.25, 0.3) is 0 Å². The highest BCUT2D eigenvalue weighted by Gasteiger charge is 2.22. The first-order valence-electron chi connectivity index (χ1n) is 9.14. The van der Waals surface area contributed by atoms with Gasteiger partial charge in [-0.15, -0.1) is 0 Å². The second kappa shape index (κ2) is 8.14. The lowest BCUT2D eigenvalue weighted by molar-refractivity contribution is -0.384. The molecule has 6 nitrogen and oxygen atoms in total. The van der Waals surface area contributed by atoms with Gasteiger partial charge in [-0.2, -0.15) is 0 Å². The van der Waals surface area contributed by atoms with Crippen LogP contribution in [0.2, 0.25) is 0 Å². The number of benzene rings is 1. The van der Waals surface area contributed by atoms with Gasteiger partial charge in [-0.25, -0.2) is 0 Å². The van der Waals surface area contributed by atoms with Crippen LogP contribution in [0.4, 0.5) is 11.4 Å². The predicted molar refractivity (Wildman–Crippen MR) is 98.0 cm³/mol. The number of non-ortho nitro benzene ring substituents is 1. The van der Waals surface area contributed by atoms with Gasteiger partial charge in [0.2, 0.25) is 0 Å². The summed E-state index contributed by atoms with van der Waals surface area (Å²) in [7, 11) is 0. The lowest BCUT2D eigenvalue weighted by Crippen LogP contribution is -2.28. The molecule has 25 heavy (non-hydrogen) atoms. The van der Waals surface area contributed by atoms with E-state index < -0.39 is 4.92 Å². The zero-order valence-electron chi connectivity index (χ0n) is 14.5. The molecule has 0 aromatic heterocycles. The second-order valence-electron chi connectivity index (χ2n) is 6.77. The molecule has 1 amide bonds. The van der Waals surface area contributed by atoms with Crippen molar-refractivity contribution in [3.05, 3.63) is 45.5 Å². The van der Waals surface area contributed by atoms with Gasteiger partial charge in [0.25, 0.3) is 11.6 Å². The molecule has 1 aromatic rings. The highest BCUT2D eigenvalue weighted by molar-refractivity contribution is 6.00. The highest BCUT2D eigenvalue weighted by Crippen LogP contribution is 2.28. The summed E-state index contributed by atoms with van der Waals surface area (Å²) in [5.74, 6) is -0.220. The molecule has 1 aliphatic heterocycles. The molecule has 1 aliphatic carbocycles. The highest BCUT2D eigenvalue weighted by atomic mass is 16.6. The number of anilines is 1. The number of hydrogen-bond donors (Lipinski definition) is 1. The van der Waals surface area contributed by atoms with Gasteiger partial charge < -0.3 is 10.2 Å². The number of nitrogens with zero attached hydrogens (tertiary/aromatic N) is 2. The minimum Gasteiger partial charge on any atom is -0.371 e. The lowest BCUT2D eigenvalue weighted by Gasteiger charge is -2.21. The molecule has 0 saturated carbocycles. The summed E-state index contributed by atoms with van der Waals surface area (Å²) in [4.78, 5) is 25.4. The maximum Gasteiger partial charge on any atom is 0.270 e. The summed E-state index contributed by atoms with van der Waals surface area (Å²) in [6, 6.07) is 4.60. The van der Waals surface area contributed by atoms with Crippen molar-refractivity contribution in [2.24, 2.45) is 0 Å². The van der Waals surface area contributed by atoms with E-state index in [1.54, 1.807) is 6.07 Å². The van der Waals surface area contributed by atoms with E-state index in [1.807, 2.05) is 0 Å². The van der Waals surface area contributed by atoms with Gasteiger partial charge in [0.05, 0.1) is 16.2 Å². The molecular weight excluding hydrogens is 318 g/mol. The van der Waals surface area contributed by atoms with Crippen molar-refractivity contribution in [3.63, 3.8) is 0 Å². The summed E-state index contributed by atoms with van der Waals surface area (Å²) in [5.41, 5.74) is 2.58. The van der Waals surface area contributed by atoms with E-state index >= 15 is 0 Å². The standard InChI is InChI=1S/C19H25N3O3/c23-19(20-11-10-15-6-2-1-3-7-15)17-14-16(22(24)25)8-9-18(17)21-12-4-5-13-21/h6,8-9,14H,1-5,7,10-13H2,(H,20,23). The van der Waals surface area contributed by atoms with Gasteiger partial charge in [-0.3, -0.25) is 14.9 Å². The molecule has 2 aliphatic rings. The largest absolute Gasteiger partial charge is 0.371 e. The van der Waals surface area contributed by atoms with E-state index in [-0.39, 0.29) is 11.6 Å². The number of carbonyl (C=O) groups is 1. The molecular formula is C19H25N3O3. The Labute approximate surface area is 148 Å². The maximum absolute atomic E-state index is 12.7. The minimum absolute atomic E-state index is 0.0388. The first-order valence-corrected chi connectivity index (χ1v) is 9.14. The van der Waals surface area contributed by atoms with Gasteiger partial charge in [-0.05, 0) is 51.0 Å². The minimum atomic E-state index is -0.447. The van der Waals surface area contributed by atoms with Crippen LogP contribution < -0.4 is 10.2 Å². The number of nitrogens with one attached hydrogen (secondary N) is 1. The van der Waals surface area contributed by atoms with E-state index in [2.05, 4.69) is 16.3 Å². The van der Waals surface area contributed by atoms with Gasteiger partial charge in [0.15, 0.2) is 0 Å². The molecule has 134 valence electrons. The zero-order chi connectivity index (χ0) is 17.6. The molecule has 1 fully saturated rings. The number of rotatable bonds is 6. The van der Waals surface area contributed by atoms with Crippen molar-refractivity contribution in [2.75, 3.05) is 24.5 Å². The van der Waals surface area contributed by atoms with Gasteiger partial charge in [0.1, 0.15) is 0 Å². The van der Waals surface area contributed by atoms with Crippen LogP contribution in [0.3, 0.4) is 0 Å². The topological polar surface area (TPSA) is 75.5 Å². The van der Waals surface area contributed by atoms with Gasteiger partial charge >= 0.3 is 0 Å². The van der Waals surface area contributed by atoms with E-state index in [1.165, 1.54) is 30.5 Å². The molecule has 1 N–H and O–H groups in total. The van der Waals surface area contributed by atoms with Crippen LogP contribution in [0, 0.1) is 10.1 Å². The van der Waals surface area contributed by atoms with Crippen LogP contribution in [0.15, 0.2) is 29.8 Å². The van der Waals surface area contributed by atoms with Crippen molar-refractivity contribution in [1.82, 2.24) is 5.32 Å². The average Bonchev–Trinajstić information content (AvgIpc) is 3.16. The van der Waals surface area contributed by atoms with Crippen molar-refractivity contribution >= 4 is 17.3 Å². The second-order valence-corrected chi connectivity index (χ2v) is 6.77. The molecule has 0 radical (unpaired) electrons. The molecule has 1 saturated heterocycles. The smallest absolute Gasteiger partial charge is 0.270 e. The monoisotopic (exact) mass is 343 g/mol. The van der Waals surface area contributed by atoms with Crippen LogP contribution in [0.1, 0.15) is 55.3 Å². The Hall–Kier alpha value is -2.37. The third-order valence-corrected chi connectivity index (χ3v) is 5.00. The van der Waals surface area contributed by atoms with Crippen molar-refractivity contribution in [2.45, 2.75) is 44.9 Å². The number of allylic oxidation sites excluding steroid dienone is 1. The molecule has 1 heterocycles. The van der Waals surface area contributed by atoms with E-state index in [0.717, 1.165) is 50.9 Å². The first kappa shape index (κ1) is 17.5. The van der Waals surface area contributed by atoms with E-state index in [4.69, 9.17) is 0 Å². The van der Waals surface area contributed by atoms with Crippen molar-refractivity contribution in [1.29, 1.82) is 0 Å². The van der Waals surface area contributed by atoms with E-state index in [9.17, 15) is 14.9 Å². The Morgan fingerprint density at radius 2 is 2.00 bits per heavy atom. The normalized spacial score (nSPS) is 17.3. The molecule has 0 spiro atoms. The zero-order valence-corrected chi connectivity index (χ0v) is 14.5.